The third-order valence-corrected chi connectivity index (χ3v) is 7.03. The summed E-state index contributed by atoms with van der Waals surface area (Å²) in [6, 6.07) is 23.8. The fraction of sp³-hybridized carbons (Fsp3) is 0.154. The van der Waals surface area contributed by atoms with Crippen molar-refractivity contribution < 1.29 is 0 Å². The molecule has 0 radical (unpaired) electrons. The minimum atomic E-state index is 0.188. The molecule has 0 bridgehead atoms. The summed E-state index contributed by atoms with van der Waals surface area (Å²) in [6.45, 7) is 0. The minimum absolute atomic E-state index is 0.188. The lowest BCUT2D eigenvalue weighted by atomic mass is 9.75. The smallest absolute Gasteiger partial charge is 0.0566 e. The van der Waals surface area contributed by atoms with E-state index in [4.69, 9.17) is 23.2 Å². The molecule has 3 heteroatoms. The molecule has 29 heavy (non-hydrogen) atoms. The van der Waals surface area contributed by atoms with Crippen LogP contribution < -0.4 is 5.32 Å². The Hall–Kier alpha value is -2.48. The zero-order valence-electron chi connectivity index (χ0n) is 15.7. The summed E-state index contributed by atoms with van der Waals surface area (Å²) in [6.07, 6.45) is 5.67. The van der Waals surface area contributed by atoms with E-state index >= 15 is 0 Å². The van der Waals surface area contributed by atoms with Gasteiger partial charge in [-0.2, -0.15) is 0 Å². The van der Waals surface area contributed by atoms with E-state index in [9.17, 15) is 0 Å². The highest BCUT2D eigenvalue weighted by atomic mass is 35.5. The Bertz CT molecular complexity index is 1250. The number of anilines is 1. The SMILES string of the molecule is Clc1cc(Cl)c2c(c1)NC(c1c3ccccc3cc3ccccc13)C1CC=CC21. The minimum Gasteiger partial charge on any atom is -0.378 e. The lowest BCUT2D eigenvalue weighted by molar-refractivity contribution is 0.429. The second kappa shape index (κ2) is 6.52. The quantitative estimate of drug-likeness (QED) is 0.244. The van der Waals surface area contributed by atoms with Gasteiger partial charge in [-0.25, -0.2) is 0 Å². The van der Waals surface area contributed by atoms with E-state index in [-0.39, 0.29) is 6.04 Å². The van der Waals surface area contributed by atoms with Gasteiger partial charge in [0.25, 0.3) is 0 Å². The molecule has 0 saturated carbocycles. The molecule has 1 N–H and O–H groups in total. The first-order chi connectivity index (χ1) is 14.2. The number of fused-ring (bicyclic) bond motifs is 5. The van der Waals surface area contributed by atoms with Crippen LogP contribution >= 0.6 is 23.2 Å². The molecule has 4 aromatic rings. The maximum atomic E-state index is 6.64. The molecule has 1 nitrogen and oxygen atoms in total. The van der Waals surface area contributed by atoms with Crippen LogP contribution in [0.25, 0.3) is 21.5 Å². The highest BCUT2D eigenvalue weighted by molar-refractivity contribution is 6.35. The summed E-state index contributed by atoms with van der Waals surface area (Å²) >= 11 is 13.0. The molecule has 4 aromatic carbocycles. The molecule has 142 valence electrons. The standard InChI is InChI=1S/C26H19Cl2N/c27-17-13-22(28)25-20-10-5-11-21(20)26(29-23(25)14-17)24-18-8-3-1-6-15(18)12-16-7-2-4-9-19(16)24/h1-10,12-14,20-21,26,29H,11H2. The van der Waals surface area contributed by atoms with Crippen LogP contribution in [0.3, 0.4) is 0 Å². The van der Waals surface area contributed by atoms with Crippen LogP contribution in [0.1, 0.15) is 29.5 Å². The predicted octanol–water partition coefficient (Wildman–Crippen LogP) is 8.13. The van der Waals surface area contributed by atoms with Gasteiger partial charge >= 0.3 is 0 Å². The molecule has 2 aliphatic rings. The maximum Gasteiger partial charge on any atom is 0.0566 e. The molecule has 1 heterocycles. The predicted molar refractivity (Wildman–Crippen MR) is 124 cm³/mol. The topological polar surface area (TPSA) is 12.0 Å². The molecule has 0 spiro atoms. The molecule has 1 aliphatic carbocycles. The van der Waals surface area contributed by atoms with Crippen LogP contribution in [0.4, 0.5) is 5.69 Å². The van der Waals surface area contributed by atoms with Gasteiger partial charge in [-0.3, -0.25) is 0 Å². The van der Waals surface area contributed by atoms with Gasteiger partial charge in [0.2, 0.25) is 0 Å². The Morgan fingerprint density at radius 2 is 1.48 bits per heavy atom. The van der Waals surface area contributed by atoms with Gasteiger partial charge in [0.1, 0.15) is 0 Å². The van der Waals surface area contributed by atoms with Crippen LogP contribution in [0.2, 0.25) is 10.0 Å². The largest absolute Gasteiger partial charge is 0.378 e. The summed E-state index contributed by atoms with van der Waals surface area (Å²) in [7, 11) is 0. The first-order valence-electron chi connectivity index (χ1n) is 10.0. The number of hydrogen-bond donors (Lipinski definition) is 1. The number of rotatable bonds is 1. The number of benzene rings is 4. The van der Waals surface area contributed by atoms with Crippen LogP contribution in [0, 0.1) is 5.92 Å². The number of allylic oxidation sites excluding steroid dienone is 2. The van der Waals surface area contributed by atoms with Crippen LogP contribution in [0.15, 0.2) is 78.9 Å². The first kappa shape index (κ1) is 17.4. The summed E-state index contributed by atoms with van der Waals surface area (Å²) < 4.78 is 0. The number of hydrogen-bond acceptors (Lipinski definition) is 1. The maximum absolute atomic E-state index is 6.64. The Balaban J connectivity index is 1.65. The van der Waals surface area contributed by atoms with Crippen molar-refractivity contribution in [1.29, 1.82) is 0 Å². The first-order valence-corrected chi connectivity index (χ1v) is 10.8. The Kier molecular flexibility index (Phi) is 3.91. The average molecular weight is 416 g/mol. The molecule has 6 rings (SSSR count). The van der Waals surface area contributed by atoms with Gasteiger partial charge in [0.15, 0.2) is 0 Å². The molecular formula is C26H19Cl2N. The van der Waals surface area contributed by atoms with Gasteiger partial charge in [0.05, 0.1) is 6.04 Å². The third-order valence-electron chi connectivity index (χ3n) is 6.50. The summed E-state index contributed by atoms with van der Waals surface area (Å²) in [4.78, 5) is 0. The molecule has 0 saturated heterocycles. The van der Waals surface area contributed by atoms with Gasteiger partial charge in [-0.05, 0) is 57.6 Å². The highest BCUT2D eigenvalue weighted by Gasteiger charge is 2.40. The van der Waals surface area contributed by atoms with E-state index in [0.717, 1.165) is 17.1 Å². The van der Waals surface area contributed by atoms with Crippen molar-refractivity contribution >= 4 is 50.4 Å². The van der Waals surface area contributed by atoms with Gasteiger partial charge in [-0.15, -0.1) is 0 Å². The summed E-state index contributed by atoms with van der Waals surface area (Å²) in [5.74, 6) is 0.731. The van der Waals surface area contributed by atoms with Crippen molar-refractivity contribution in [3.05, 3.63) is 100 Å². The molecule has 1 aliphatic heterocycles. The Labute approximate surface area is 179 Å². The van der Waals surface area contributed by atoms with Crippen LogP contribution in [-0.2, 0) is 0 Å². The number of nitrogens with one attached hydrogen (secondary N) is 1. The van der Waals surface area contributed by atoms with E-state index in [1.165, 1.54) is 32.7 Å². The summed E-state index contributed by atoms with van der Waals surface area (Å²) in [5.41, 5.74) is 3.60. The zero-order valence-corrected chi connectivity index (χ0v) is 17.2. The summed E-state index contributed by atoms with van der Waals surface area (Å²) in [5, 5.41) is 10.4. The third kappa shape index (κ3) is 2.61. The van der Waals surface area contributed by atoms with Crippen LogP contribution in [0.5, 0.6) is 0 Å². The highest BCUT2D eigenvalue weighted by Crippen LogP contribution is 2.54. The Morgan fingerprint density at radius 3 is 2.21 bits per heavy atom. The molecule has 0 fully saturated rings. The van der Waals surface area contributed by atoms with Crippen molar-refractivity contribution in [2.75, 3.05) is 5.32 Å². The average Bonchev–Trinajstić information content (AvgIpc) is 3.20. The molecule has 0 amide bonds. The molecule has 3 atom stereocenters. The zero-order chi connectivity index (χ0) is 19.5. The second-order valence-corrected chi connectivity index (χ2v) is 8.90. The van der Waals surface area contributed by atoms with E-state index in [2.05, 4.69) is 72.1 Å². The lowest BCUT2D eigenvalue weighted by Gasteiger charge is -2.39. The normalized spacial score (nSPS) is 22.5. The Morgan fingerprint density at radius 1 is 0.793 bits per heavy atom. The van der Waals surface area contributed by atoms with Crippen molar-refractivity contribution in [3.8, 4) is 0 Å². The molecule has 0 aromatic heterocycles. The van der Waals surface area contributed by atoms with Gasteiger partial charge in [-0.1, -0.05) is 83.9 Å². The van der Waals surface area contributed by atoms with Crippen molar-refractivity contribution in [3.63, 3.8) is 0 Å². The van der Waals surface area contributed by atoms with Gasteiger partial charge < -0.3 is 5.32 Å². The molecule has 3 unspecified atom stereocenters. The molecular weight excluding hydrogens is 397 g/mol. The lowest BCUT2D eigenvalue weighted by Crippen LogP contribution is -2.29. The van der Waals surface area contributed by atoms with E-state index in [0.29, 0.717) is 16.9 Å². The van der Waals surface area contributed by atoms with Crippen molar-refractivity contribution in [2.45, 2.75) is 18.4 Å². The van der Waals surface area contributed by atoms with Crippen LogP contribution in [-0.4, -0.2) is 0 Å². The van der Waals surface area contributed by atoms with Crippen molar-refractivity contribution in [1.82, 2.24) is 0 Å². The van der Waals surface area contributed by atoms with Gasteiger partial charge in [0, 0.05) is 27.2 Å². The monoisotopic (exact) mass is 415 g/mol. The fourth-order valence-corrected chi connectivity index (χ4v) is 5.93. The second-order valence-electron chi connectivity index (χ2n) is 8.06. The number of halogens is 2. The van der Waals surface area contributed by atoms with Crippen molar-refractivity contribution in [2.24, 2.45) is 5.92 Å². The van der Waals surface area contributed by atoms with E-state index < -0.39 is 0 Å². The van der Waals surface area contributed by atoms with E-state index in [1.807, 2.05) is 12.1 Å². The fourth-order valence-electron chi connectivity index (χ4n) is 5.31. The van der Waals surface area contributed by atoms with E-state index in [1.54, 1.807) is 0 Å².